The zero-order valence-corrected chi connectivity index (χ0v) is 13.3. The lowest BCUT2D eigenvalue weighted by Gasteiger charge is -2.24. The van der Waals surface area contributed by atoms with Crippen molar-refractivity contribution in [3.63, 3.8) is 0 Å². The Balaban J connectivity index is 0.00000400. The van der Waals surface area contributed by atoms with E-state index in [4.69, 9.17) is 5.11 Å². The number of rotatable bonds is 7. The number of hydrogen-bond donors (Lipinski definition) is 2. The van der Waals surface area contributed by atoms with Gasteiger partial charge in [0.2, 0.25) is 11.8 Å². The first-order valence-corrected chi connectivity index (χ1v) is 6.93. The van der Waals surface area contributed by atoms with E-state index >= 15 is 0 Å². The van der Waals surface area contributed by atoms with E-state index in [2.05, 4.69) is 5.32 Å². The summed E-state index contributed by atoms with van der Waals surface area (Å²) in [5, 5.41) is 11.7. The van der Waals surface area contributed by atoms with E-state index in [1.807, 2.05) is 6.92 Å². The third-order valence-electron chi connectivity index (χ3n) is 3.37. The minimum atomic E-state index is -0.890. The third-order valence-corrected chi connectivity index (χ3v) is 3.37. The van der Waals surface area contributed by atoms with Crippen molar-refractivity contribution in [3.8, 4) is 0 Å². The normalized spacial score (nSPS) is 17.9. The van der Waals surface area contributed by atoms with Gasteiger partial charge in [0.15, 0.2) is 0 Å². The van der Waals surface area contributed by atoms with Crippen LogP contribution in [0.5, 0.6) is 0 Å². The standard InChI is InChI=1S/C13H23N3O4.ClH/c1-3-6-14-11(17)8-15(2)12(18)9-16-7-4-5-10(16)13(19)20;/h10H,3-9H2,1-2H3,(H,14,17)(H,19,20);1H/t10-;/m0./s1. The monoisotopic (exact) mass is 321 g/mol. The van der Waals surface area contributed by atoms with Crippen LogP contribution in [-0.2, 0) is 14.4 Å². The molecule has 21 heavy (non-hydrogen) atoms. The first-order valence-electron chi connectivity index (χ1n) is 6.93. The highest BCUT2D eigenvalue weighted by Gasteiger charge is 2.32. The molecule has 0 bridgehead atoms. The fraction of sp³-hybridized carbons (Fsp3) is 0.769. The van der Waals surface area contributed by atoms with Gasteiger partial charge in [0.25, 0.3) is 0 Å². The van der Waals surface area contributed by atoms with E-state index in [0.717, 1.165) is 12.8 Å². The maximum atomic E-state index is 12.0. The second-order valence-corrected chi connectivity index (χ2v) is 5.07. The van der Waals surface area contributed by atoms with Gasteiger partial charge in [-0.3, -0.25) is 19.3 Å². The minimum Gasteiger partial charge on any atom is -0.480 e. The molecule has 1 aliphatic heterocycles. The second-order valence-electron chi connectivity index (χ2n) is 5.07. The van der Waals surface area contributed by atoms with Gasteiger partial charge in [-0.2, -0.15) is 0 Å². The summed E-state index contributed by atoms with van der Waals surface area (Å²) in [6.07, 6.45) is 2.20. The molecule has 0 unspecified atom stereocenters. The minimum absolute atomic E-state index is 0. The summed E-state index contributed by atoms with van der Waals surface area (Å²) in [7, 11) is 1.56. The van der Waals surface area contributed by atoms with Gasteiger partial charge < -0.3 is 15.3 Å². The van der Waals surface area contributed by atoms with Gasteiger partial charge in [-0.25, -0.2) is 0 Å². The van der Waals surface area contributed by atoms with E-state index in [1.165, 1.54) is 4.90 Å². The van der Waals surface area contributed by atoms with E-state index in [1.54, 1.807) is 11.9 Å². The average molecular weight is 322 g/mol. The first-order chi connectivity index (χ1) is 9.45. The molecule has 0 aromatic carbocycles. The Labute approximate surface area is 131 Å². The second kappa shape index (κ2) is 9.57. The number of nitrogens with one attached hydrogen (secondary N) is 1. The van der Waals surface area contributed by atoms with Crippen LogP contribution in [0.2, 0.25) is 0 Å². The number of hydrogen-bond acceptors (Lipinski definition) is 4. The SMILES string of the molecule is CCCNC(=O)CN(C)C(=O)CN1CCC[C@H]1C(=O)O.Cl. The van der Waals surface area contributed by atoms with Crippen molar-refractivity contribution in [2.75, 3.05) is 33.2 Å². The number of nitrogens with zero attached hydrogens (tertiary/aromatic N) is 2. The highest BCUT2D eigenvalue weighted by Crippen LogP contribution is 2.16. The van der Waals surface area contributed by atoms with Crippen LogP contribution >= 0.6 is 12.4 Å². The zero-order chi connectivity index (χ0) is 15.1. The maximum Gasteiger partial charge on any atom is 0.320 e. The molecule has 0 aromatic heterocycles. The summed E-state index contributed by atoms with van der Waals surface area (Å²) < 4.78 is 0. The van der Waals surface area contributed by atoms with Crippen molar-refractivity contribution in [2.45, 2.75) is 32.2 Å². The number of halogens is 1. The maximum absolute atomic E-state index is 12.0. The third kappa shape index (κ3) is 6.31. The Bertz CT molecular complexity index is 378. The average Bonchev–Trinajstić information content (AvgIpc) is 2.84. The molecule has 0 spiro atoms. The summed E-state index contributed by atoms with van der Waals surface area (Å²) in [5.74, 6) is -1.32. The number of carbonyl (C=O) groups is 3. The van der Waals surface area contributed by atoms with Crippen LogP contribution in [0.25, 0.3) is 0 Å². The predicted octanol–water partition coefficient (Wildman–Crippen LogP) is -0.0582. The molecule has 1 rings (SSSR count). The molecular weight excluding hydrogens is 298 g/mol. The number of likely N-dealkylation sites (N-methyl/N-ethyl adjacent to an activating group) is 1. The quantitative estimate of drug-likeness (QED) is 0.686. The fourth-order valence-electron chi connectivity index (χ4n) is 2.21. The van der Waals surface area contributed by atoms with Crippen LogP contribution in [0, 0.1) is 0 Å². The number of carboxylic acids is 1. The topological polar surface area (TPSA) is 90.0 Å². The molecule has 7 nitrogen and oxygen atoms in total. The Morgan fingerprint density at radius 2 is 2.05 bits per heavy atom. The van der Waals surface area contributed by atoms with Crippen molar-refractivity contribution in [1.82, 2.24) is 15.1 Å². The summed E-state index contributed by atoms with van der Waals surface area (Å²) >= 11 is 0. The largest absolute Gasteiger partial charge is 0.480 e. The molecule has 2 N–H and O–H groups in total. The van der Waals surface area contributed by atoms with Gasteiger partial charge in [-0.05, 0) is 25.8 Å². The van der Waals surface area contributed by atoms with Gasteiger partial charge in [0.1, 0.15) is 6.04 Å². The number of aliphatic carboxylic acids is 1. The highest BCUT2D eigenvalue weighted by molar-refractivity contribution is 5.86. The van der Waals surface area contributed by atoms with Crippen molar-refractivity contribution >= 4 is 30.2 Å². The van der Waals surface area contributed by atoms with Crippen LogP contribution in [0.4, 0.5) is 0 Å². The van der Waals surface area contributed by atoms with Gasteiger partial charge in [-0.15, -0.1) is 12.4 Å². The molecule has 122 valence electrons. The zero-order valence-electron chi connectivity index (χ0n) is 12.5. The molecular formula is C13H24ClN3O4. The van der Waals surface area contributed by atoms with E-state index < -0.39 is 12.0 Å². The van der Waals surface area contributed by atoms with E-state index in [0.29, 0.717) is 19.5 Å². The Morgan fingerprint density at radius 1 is 1.38 bits per heavy atom. The molecule has 2 amide bonds. The Kier molecular flexibility index (Phi) is 8.96. The number of likely N-dealkylation sites (tertiary alicyclic amines) is 1. The predicted molar refractivity (Wildman–Crippen MR) is 80.4 cm³/mol. The Hall–Kier alpha value is -1.34. The van der Waals surface area contributed by atoms with Crippen molar-refractivity contribution in [3.05, 3.63) is 0 Å². The van der Waals surface area contributed by atoms with Gasteiger partial charge in [0.05, 0.1) is 13.1 Å². The summed E-state index contributed by atoms with van der Waals surface area (Å²) in [6, 6.07) is -0.582. The molecule has 0 saturated carbocycles. The van der Waals surface area contributed by atoms with Gasteiger partial charge in [0, 0.05) is 13.6 Å². The van der Waals surface area contributed by atoms with Gasteiger partial charge >= 0.3 is 5.97 Å². The van der Waals surface area contributed by atoms with E-state index in [-0.39, 0.29) is 37.3 Å². The molecule has 1 aliphatic rings. The van der Waals surface area contributed by atoms with E-state index in [9.17, 15) is 14.4 Å². The van der Waals surface area contributed by atoms with Crippen LogP contribution in [0.3, 0.4) is 0 Å². The first kappa shape index (κ1) is 19.7. The molecule has 1 heterocycles. The number of carboxylic acid groups (broad SMARTS) is 1. The molecule has 1 atom stereocenters. The van der Waals surface area contributed by atoms with Crippen LogP contribution in [0.1, 0.15) is 26.2 Å². The lowest BCUT2D eigenvalue weighted by molar-refractivity contribution is -0.144. The highest BCUT2D eigenvalue weighted by atomic mass is 35.5. The van der Waals surface area contributed by atoms with Crippen LogP contribution in [-0.4, -0.2) is 72.0 Å². The molecule has 8 heteroatoms. The molecule has 0 aliphatic carbocycles. The number of amides is 2. The van der Waals surface area contributed by atoms with Crippen molar-refractivity contribution in [1.29, 1.82) is 0 Å². The van der Waals surface area contributed by atoms with Crippen molar-refractivity contribution < 1.29 is 19.5 Å². The molecule has 1 fully saturated rings. The molecule has 0 radical (unpaired) electrons. The van der Waals surface area contributed by atoms with Crippen LogP contribution in [0.15, 0.2) is 0 Å². The van der Waals surface area contributed by atoms with Gasteiger partial charge in [-0.1, -0.05) is 6.92 Å². The molecule has 1 saturated heterocycles. The lowest BCUT2D eigenvalue weighted by atomic mass is 10.2. The lowest BCUT2D eigenvalue weighted by Crippen LogP contribution is -2.46. The Morgan fingerprint density at radius 3 is 2.62 bits per heavy atom. The summed E-state index contributed by atoms with van der Waals surface area (Å²) in [6.45, 7) is 3.21. The fourth-order valence-corrected chi connectivity index (χ4v) is 2.21. The van der Waals surface area contributed by atoms with Crippen LogP contribution < -0.4 is 5.32 Å². The number of carbonyl (C=O) groups excluding carboxylic acids is 2. The van der Waals surface area contributed by atoms with Crippen molar-refractivity contribution in [2.24, 2.45) is 0 Å². The summed E-state index contributed by atoms with van der Waals surface area (Å²) in [5.41, 5.74) is 0. The smallest absolute Gasteiger partial charge is 0.320 e. The molecule has 0 aromatic rings. The summed E-state index contributed by atoms with van der Waals surface area (Å²) in [4.78, 5) is 37.5.